The van der Waals surface area contributed by atoms with E-state index in [0.29, 0.717) is 6.61 Å². The van der Waals surface area contributed by atoms with Gasteiger partial charge in [-0.3, -0.25) is 0 Å². The first-order valence-corrected chi connectivity index (χ1v) is 6.04. The highest BCUT2D eigenvalue weighted by Gasteiger charge is 2.33. The second kappa shape index (κ2) is 4.77. The Hall–Kier alpha value is -0.900. The first kappa shape index (κ1) is 12.6. The van der Waals surface area contributed by atoms with Crippen molar-refractivity contribution in [3.8, 4) is 0 Å². The van der Waals surface area contributed by atoms with E-state index in [4.69, 9.17) is 9.47 Å². The molecule has 1 aliphatic heterocycles. The van der Waals surface area contributed by atoms with E-state index in [1.54, 1.807) is 0 Å². The fraction of sp³-hybridized carbons (Fsp3) is 0.571. The van der Waals surface area contributed by atoms with Crippen molar-refractivity contribution in [2.45, 2.75) is 38.6 Å². The van der Waals surface area contributed by atoms with E-state index in [1.165, 1.54) is 0 Å². The van der Waals surface area contributed by atoms with E-state index in [0.717, 1.165) is 11.1 Å². The fourth-order valence-corrected chi connectivity index (χ4v) is 2.02. The summed E-state index contributed by atoms with van der Waals surface area (Å²) in [6, 6.07) is 8.18. The maximum absolute atomic E-state index is 9.17. The number of ether oxygens (including phenoxy) is 2. The van der Waals surface area contributed by atoms with E-state index in [2.05, 4.69) is 6.07 Å². The molecule has 1 fully saturated rings. The van der Waals surface area contributed by atoms with Crippen LogP contribution >= 0.6 is 0 Å². The molecule has 2 atom stereocenters. The van der Waals surface area contributed by atoms with Gasteiger partial charge in [0.05, 0.1) is 6.61 Å². The summed E-state index contributed by atoms with van der Waals surface area (Å²) in [5.74, 6) is -0.339. The lowest BCUT2D eigenvalue weighted by Gasteiger charge is -2.18. The Kier molecular flexibility index (Phi) is 3.52. The van der Waals surface area contributed by atoms with Gasteiger partial charge in [-0.25, -0.2) is 0 Å². The normalized spacial score (nSPS) is 24.8. The zero-order valence-electron chi connectivity index (χ0n) is 10.6. The molecule has 3 nitrogen and oxygen atoms in total. The molecule has 1 heterocycles. The third kappa shape index (κ3) is 2.86. The highest BCUT2D eigenvalue weighted by Crippen LogP contribution is 2.33. The first-order chi connectivity index (χ1) is 8.02. The molecule has 17 heavy (non-hydrogen) atoms. The van der Waals surface area contributed by atoms with Gasteiger partial charge in [0.1, 0.15) is 6.10 Å². The molecule has 0 bridgehead atoms. The maximum Gasteiger partial charge on any atom is 0.163 e. The number of aliphatic hydroxyl groups is 1. The summed E-state index contributed by atoms with van der Waals surface area (Å²) in [5, 5.41) is 9.17. The first-order valence-electron chi connectivity index (χ1n) is 6.04. The van der Waals surface area contributed by atoms with Crippen molar-refractivity contribution in [2.24, 2.45) is 0 Å². The Morgan fingerprint density at radius 1 is 1.47 bits per heavy atom. The minimum atomic E-state index is -0.497. The molecule has 1 saturated heterocycles. The number of hydrogen-bond acceptors (Lipinski definition) is 3. The molecule has 3 heteroatoms. The summed E-state index contributed by atoms with van der Waals surface area (Å²) in [7, 11) is 0. The molecule has 2 unspecified atom stereocenters. The van der Waals surface area contributed by atoms with Crippen molar-refractivity contribution in [1.82, 2.24) is 0 Å². The molecule has 0 aliphatic carbocycles. The summed E-state index contributed by atoms with van der Waals surface area (Å²) < 4.78 is 11.4. The average molecular weight is 236 g/mol. The standard InChI is InChI=1S/C14H20O3/c1-10(8-15)11-5-4-6-12(7-11)13-9-16-14(2,3)17-13/h4-7,10,13,15H,8-9H2,1-3H3. The molecule has 1 aromatic carbocycles. The third-order valence-electron chi connectivity index (χ3n) is 3.13. The molecule has 94 valence electrons. The van der Waals surface area contributed by atoms with Gasteiger partial charge in [0.25, 0.3) is 0 Å². The second-order valence-corrected chi connectivity index (χ2v) is 5.07. The lowest BCUT2D eigenvalue weighted by molar-refractivity contribution is -0.139. The average Bonchev–Trinajstić information content (AvgIpc) is 2.69. The van der Waals surface area contributed by atoms with Gasteiger partial charge < -0.3 is 14.6 Å². The third-order valence-corrected chi connectivity index (χ3v) is 3.13. The van der Waals surface area contributed by atoms with Gasteiger partial charge in [-0.15, -0.1) is 0 Å². The number of aliphatic hydroxyl groups excluding tert-OH is 1. The van der Waals surface area contributed by atoms with Gasteiger partial charge in [-0.05, 0) is 25.0 Å². The number of benzene rings is 1. The van der Waals surface area contributed by atoms with Gasteiger partial charge in [0.15, 0.2) is 5.79 Å². The van der Waals surface area contributed by atoms with Gasteiger partial charge in [-0.2, -0.15) is 0 Å². The minimum Gasteiger partial charge on any atom is -0.396 e. The van der Waals surface area contributed by atoms with E-state index < -0.39 is 5.79 Å². The van der Waals surface area contributed by atoms with Crippen LogP contribution in [0.3, 0.4) is 0 Å². The van der Waals surface area contributed by atoms with E-state index in [9.17, 15) is 5.11 Å². The van der Waals surface area contributed by atoms with Gasteiger partial charge in [-0.1, -0.05) is 31.2 Å². The summed E-state index contributed by atoms with van der Waals surface area (Å²) in [4.78, 5) is 0. The van der Waals surface area contributed by atoms with Crippen molar-refractivity contribution >= 4 is 0 Å². The predicted molar refractivity (Wildman–Crippen MR) is 65.8 cm³/mol. The monoisotopic (exact) mass is 236 g/mol. The molecule has 0 saturated carbocycles. The summed E-state index contributed by atoms with van der Waals surface area (Å²) >= 11 is 0. The van der Waals surface area contributed by atoms with Crippen LogP contribution in [0.2, 0.25) is 0 Å². The largest absolute Gasteiger partial charge is 0.396 e. The van der Waals surface area contributed by atoms with E-state index in [-0.39, 0.29) is 18.6 Å². The number of rotatable bonds is 3. The quantitative estimate of drug-likeness (QED) is 0.876. The number of hydrogen-bond donors (Lipinski definition) is 1. The van der Waals surface area contributed by atoms with Crippen molar-refractivity contribution in [3.63, 3.8) is 0 Å². The maximum atomic E-state index is 9.17. The van der Waals surface area contributed by atoms with Crippen molar-refractivity contribution in [1.29, 1.82) is 0 Å². The van der Waals surface area contributed by atoms with Crippen LogP contribution in [-0.2, 0) is 9.47 Å². The summed E-state index contributed by atoms with van der Waals surface area (Å²) in [6.45, 7) is 6.61. The summed E-state index contributed by atoms with van der Waals surface area (Å²) in [6.07, 6.45) is -0.00385. The zero-order valence-corrected chi connectivity index (χ0v) is 10.6. The molecule has 1 aromatic rings. The van der Waals surface area contributed by atoms with Gasteiger partial charge in [0.2, 0.25) is 0 Å². The van der Waals surface area contributed by atoms with Crippen LogP contribution in [0.5, 0.6) is 0 Å². The lowest BCUT2D eigenvalue weighted by atomic mass is 9.98. The molecular weight excluding hydrogens is 216 g/mol. The van der Waals surface area contributed by atoms with Crippen LogP contribution in [0, 0.1) is 0 Å². The highest BCUT2D eigenvalue weighted by molar-refractivity contribution is 5.28. The lowest BCUT2D eigenvalue weighted by Crippen LogP contribution is -2.19. The Labute approximate surface area is 102 Å². The van der Waals surface area contributed by atoms with Crippen molar-refractivity contribution in [3.05, 3.63) is 35.4 Å². The Morgan fingerprint density at radius 2 is 2.24 bits per heavy atom. The van der Waals surface area contributed by atoms with Crippen LogP contribution in [0.25, 0.3) is 0 Å². The second-order valence-electron chi connectivity index (χ2n) is 5.07. The molecule has 0 amide bonds. The molecular formula is C14H20O3. The van der Waals surface area contributed by atoms with Crippen LogP contribution < -0.4 is 0 Å². The Bertz CT molecular complexity index is 387. The SMILES string of the molecule is CC(CO)c1cccc(C2COC(C)(C)O2)c1. The van der Waals surface area contributed by atoms with Gasteiger partial charge in [0, 0.05) is 12.5 Å². The zero-order chi connectivity index (χ0) is 12.5. The predicted octanol–water partition coefficient (Wildman–Crippen LogP) is 2.61. The van der Waals surface area contributed by atoms with Crippen molar-refractivity contribution in [2.75, 3.05) is 13.2 Å². The van der Waals surface area contributed by atoms with Crippen LogP contribution in [-0.4, -0.2) is 24.1 Å². The van der Waals surface area contributed by atoms with Gasteiger partial charge >= 0.3 is 0 Å². The Balaban J connectivity index is 2.17. The molecule has 0 aromatic heterocycles. The molecule has 1 N–H and O–H groups in total. The molecule has 0 spiro atoms. The van der Waals surface area contributed by atoms with Crippen LogP contribution in [0.15, 0.2) is 24.3 Å². The molecule has 1 aliphatic rings. The smallest absolute Gasteiger partial charge is 0.163 e. The topological polar surface area (TPSA) is 38.7 Å². The highest BCUT2D eigenvalue weighted by atomic mass is 16.7. The Morgan fingerprint density at radius 3 is 2.82 bits per heavy atom. The van der Waals surface area contributed by atoms with Crippen molar-refractivity contribution < 1.29 is 14.6 Å². The van der Waals surface area contributed by atoms with E-state index >= 15 is 0 Å². The van der Waals surface area contributed by atoms with E-state index in [1.807, 2.05) is 39.0 Å². The van der Waals surface area contributed by atoms with Crippen LogP contribution in [0.1, 0.15) is 43.9 Å². The van der Waals surface area contributed by atoms with Crippen LogP contribution in [0.4, 0.5) is 0 Å². The minimum absolute atomic E-state index is 0.00385. The molecule has 2 rings (SSSR count). The summed E-state index contributed by atoms with van der Waals surface area (Å²) in [5.41, 5.74) is 2.26. The molecule has 0 radical (unpaired) electrons. The fourth-order valence-electron chi connectivity index (χ4n) is 2.02.